The Labute approximate surface area is 255 Å². The summed E-state index contributed by atoms with van der Waals surface area (Å²) in [4.78, 5) is 31.4. The first-order valence-corrected chi connectivity index (χ1v) is 14.4. The number of urea groups is 1. The molecule has 0 aliphatic carbocycles. The molecule has 6 rings (SSSR count). The van der Waals surface area contributed by atoms with Crippen LogP contribution in [0, 0.1) is 11.5 Å². The van der Waals surface area contributed by atoms with Gasteiger partial charge in [-0.1, -0.05) is 42.5 Å². The van der Waals surface area contributed by atoms with Crippen molar-refractivity contribution in [2.24, 2.45) is 4.99 Å². The minimum absolute atomic E-state index is 0.207. The molecule has 1 atom stereocenters. The van der Waals surface area contributed by atoms with Crippen molar-refractivity contribution in [1.82, 2.24) is 20.4 Å². The molecule has 0 bridgehead atoms. The molecule has 1 fully saturated rings. The number of ether oxygens (including phenoxy) is 2. The molecule has 4 N–H and O–H groups in total. The number of rotatable bonds is 3. The van der Waals surface area contributed by atoms with Crippen LogP contribution in [-0.2, 0) is 17.8 Å². The zero-order valence-corrected chi connectivity index (χ0v) is 24.5. The number of aliphatic imine (C=N–C) groups is 1. The van der Waals surface area contributed by atoms with Gasteiger partial charge in [0.05, 0.1) is 11.7 Å². The largest absolute Gasteiger partial charge is 0.486 e. The molecule has 12 nitrogen and oxygen atoms in total. The molecule has 2 amide bonds. The molecule has 0 radical (unpaired) electrons. The predicted octanol–water partition coefficient (Wildman–Crippen LogP) is 3.84. The van der Waals surface area contributed by atoms with E-state index in [2.05, 4.69) is 33.1 Å². The van der Waals surface area contributed by atoms with Crippen molar-refractivity contribution in [3.8, 4) is 17.7 Å². The molecular weight excluding hydrogens is 562 g/mol. The SMILES string of the molecule is CC(=O)O.N#CNC(=Nc1cccc2c1CCNC2)N1CCN(C(=O)Nc2ccc3c(c2)OCCO3)C(c2ccccc2)C1. The summed E-state index contributed by atoms with van der Waals surface area (Å²) in [6.45, 7) is 5.22. The molecular formula is C32H35N7O5. The number of aliphatic carboxylic acids is 1. The van der Waals surface area contributed by atoms with Crippen LogP contribution in [0.25, 0.3) is 0 Å². The lowest BCUT2D eigenvalue weighted by atomic mass is 9.99. The van der Waals surface area contributed by atoms with Crippen molar-refractivity contribution >= 4 is 29.3 Å². The number of piperazine rings is 1. The van der Waals surface area contributed by atoms with E-state index in [9.17, 15) is 10.1 Å². The number of carboxylic acid groups (broad SMARTS) is 1. The molecule has 3 aliphatic heterocycles. The molecule has 228 valence electrons. The molecule has 12 heteroatoms. The Kier molecular flexibility index (Phi) is 9.78. The van der Waals surface area contributed by atoms with E-state index < -0.39 is 5.97 Å². The third-order valence-corrected chi connectivity index (χ3v) is 7.43. The Balaban J connectivity index is 0.000000906. The second-order valence-electron chi connectivity index (χ2n) is 10.4. The first kappa shape index (κ1) is 30.2. The smallest absolute Gasteiger partial charge is 0.322 e. The normalized spacial score (nSPS) is 17.3. The van der Waals surface area contributed by atoms with Crippen LogP contribution in [0.15, 0.2) is 71.7 Å². The van der Waals surface area contributed by atoms with Crippen molar-refractivity contribution in [3.63, 3.8) is 0 Å². The molecule has 0 aromatic heterocycles. The van der Waals surface area contributed by atoms with Crippen molar-refractivity contribution < 1.29 is 24.2 Å². The topological polar surface area (TPSA) is 152 Å². The number of nitrogens with zero attached hydrogens (tertiary/aromatic N) is 4. The third-order valence-electron chi connectivity index (χ3n) is 7.43. The zero-order valence-electron chi connectivity index (χ0n) is 24.5. The van der Waals surface area contributed by atoms with Gasteiger partial charge in [0, 0.05) is 44.9 Å². The fourth-order valence-electron chi connectivity index (χ4n) is 5.45. The Bertz CT molecular complexity index is 1550. The number of carboxylic acids is 1. The quantitative estimate of drug-likeness (QED) is 0.153. The van der Waals surface area contributed by atoms with E-state index >= 15 is 0 Å². The monoisotopic (exact) mass is 597 g/mol. The van der Waals surface area contributed by atoms with Crippen LogP contribution < -0.4 is 25.4 Å². The first-order valence-electron chi connectivity index (χ1n) is 14.4. The number of amides is 2. The van der Waals surface area contributed by atoms with Gasteiger partial charge in [0.15, 0.2) is 17.7 Å². The lowest BCUT2D eigenvalue weighted by Gasteiger charge is -2.42. The number of nitriles is 1. The molecule has 3 heterocycles. The number of anilines is 1. The van der Waals surface area contributed by atoms with Crippen LogP contribution in [-0.4, -0.2) is 72.3 Å². The van der Waals surface area contributed by atoms with Crippen LogP contribution in [0.2, 0.25) is 0 Å². The number of carbonyl (C=O) groups excluding carboxylic acids is 1. The lowest BCUT2D eigenvalue weighted by molar-refractivity contribution is -0.134. The Morgan fingerprint density at radius 1 is 1.05 bits per heavy atom. The van der Waals surface area contributed by atoms with Gasteiger partial charge in [0.25, 0.3) is 5.97 Å². The summed E-state index contributed by atoms with van der Waals surface area (Å²) in [6.07, 6.45) is 2.95. The summed E-state index contributed by atoms with van der Waals surface area (Å²) in [5, 5.41) is 26.2. The number of fused-ring (bicyclic) bond motifs is 2. The van der Waals surface area contributed by atoms with E-state index in [0.717, 1.165) is 37.7 Å². The minimum atomic E-state index is -0.833. The summed E-state index contributed by atoms with van der Waals surface area (Å²) in [7, 11) is 0. The van der Waals surface area contributed by atoms with Crippen molar-refractivity contribution in [1.29, 1.82) is 5.26 Å². The minimum Gasteiger partial charge on any atom is -0.486 e. The molecule has 3 aromatic carbocycles. The number of hydrogen-bond donors (Lipinski definition) is 4. The standard InChI is InChI=1S/C30H31N7O3.C2H4O2/c31-20-33-29(35-25-8-4-7-22-18-32-12-11-24(22)25)36-13-14-37(26(19-36)21-5-2-1-3-6-21)30(38)34-23-9-10-27-28(17-23)40-16-15-39-27;1-2(3)4/h1-10,17,26,32H,11-16,18-19H2,(H,33,35)(H,34,38);1H3,(H,3,4). The second kappa shape index (κ2) is 14.3. The van der Waals surface area contributed by atoms with E-state index in [4.69, 9.17) is 24.4 Å². The van der Waals surface area contributed by atoms with Gasteiger partial charge in [-0.2, -0.15) is 5.26 Å². The van der Waals surface area contributed by atoms with Gasteiger partial charge in [0.1, 0.15) is 13.2 Å². The molecule has 3 aliphatic rings. The van der Waals surface area contributed by atoms with Gasteiger partial charge in [-0.05, 0) is 47.9 Å². The van der Waals surface area contributed by atoms with Gasteiger partial charge in [-0.15, -0.1) is 0 Å². The molecule has 0 saturated carbocycles. The lowest BCUT2D eigenvalue weighted by Crippen LogP contribution is -2.55. The maximum Gasteiger partial charge on any atom is 0.322 e. The number of carbonyl (C=O) groups is 2. The first-order chi connectivity index (χ1) is 21.4. The second-order valence-corrected chi connectivity index (χ2v) is 10.4. The Morgan fingerprint density at radius 2 is 1.82 bits per heavy atom. The van der Waals surface area contributed by atoms with E-state index in [-0.39, 0.29) is 12.1 Å². The summed E-state index contributed by atoms with van der Waals surface area (Å²) in [6, 6.07) is 21.0. The van der Waals surface area contributed by atoms with Gasteiger partial charge >= 0.3 is 6.03 Å². The molecule has 1 unspecified atom stereocenters. The highest BCUT2D eigenvalue weighted by Crippen LogP contribution is 2.34. The highest BCUT2D eigenvalue weighted by Gasteiger charge is 2.33. The molecule has 1 saturated heterocycles. The van der Waals surface area contributed by atoms with Crippen LogP contribution >= 0.6 is 0 Å². The van der Waals surface area contributed by atoms with Gasteiger partial charge in [-0.25, -0.2) is 9.79 Å². The number of guanidine groups is 1. The Morgan fingerprint density at radius 3 is 2.59 bits per heavy atom. The molecule has 44 heavy (non-hydrogen) atoms. The highest BCUT2D eigenvalue weighted by atomic mass is 16.6. The van der Waals surface area contributed by atoms with Gasteiger partial charge in [-0.3, -0.25) is 10.1 Å². The van der Waals surface area contributed by atoms with E-state index in [1.807, 2.05) is 59.5 Å². The number of nitrogens with one attached hydrogen (secondary N) is 3. The number of benzene rings is 3. The summed E-state index contributed by atoms with van der Waals surface area (Å²) < 4.78 is 11.3. The fraction of sp³-hybridized carbons (Fsp3) is 0.312. The van der Waals surface area contributed by atoms with Gasteiger partial charge < -0.3 is 35.0 Å². The Hall–Kier alpha value is -5.28. The summed E-state index contributed by atoms with van der Waals surface area (Å²) in [5.41, 5.74) is 4.94. The average molecular weight is 598 g/mol. The van der Waals surface area contributed by atoms with Crippen LogP contribution in [0.3, 0.4) is 0 Å². The van der Waals surface area contributed by atoms with Crippen molar-refractivity contribution in [3.05, 3.63) is 83.4 Å². The average Bonchev–Trinajstić information content (AvgIpc) is 3.04. The van der Waals surface area contributed by atoms with Crippen LogP contribution in [0.5, 0.6) is 11.5 Å². The highest BCUT2D eigenvalue weighted by molar-refractivity contribution is 5.91. The van der Waals surface area contributed by atoms with E-state index in [0.29, 0.717) is 56.0 Å². The molecule has 0 spiro atoms. The summed E-state index contributed by atoms with van der Waals surface area (Å²) in [5.74, 6) is 0.950. The van der Waals surface area contributed by atoms with Crippen molar-refractivity contribution in [2.75, 3.05) is 44.7 Å². The fourth-order valence-corrected chi connectivity index (χ4v) is 5.45. The maximum absolute atomic E-state index is 13.6. The summed E-state index contributed by atoms with van der Waals surface area (Å²) >= 11 is 0. The number of hydrogen-bond acceptors (Lipinski definition) is 7. The van der Waals surface area contributed by atoms with E-state index in [1.54, 1.807) is 6.07 Å². The van der Waals surface area contributed by atoms with Crippen LogP contribution in [0.4, 0.5) is 16.2 Å². The van der Waals surface area contributed by atoms with E-state index in [1.165, 1.54) is 11.1 Å². The van der Waals surface area contributed by atoms with Crippen molar-refractivity contribution in [2.45, 2.75) is 25.9 Å². The predicted molar refractivity (Wildman–Crippen MR) is 165 cm³/mol. The van der Waals surface area contributed by atoms with Crippen LogP contribution in [0.1, 0.15) is 29.7 Å². The van der Waals surface area contributed by atoms with Gasteiger partial charge in [0.2, 0.25) is 5.96 Å². The zero-order chi connectivity index (χ0) is 30.9. The molecule has 3 aromatic rings. The maximum atomic E-state index is 13.6. The third kappa shape index (κ3) is 7.37.